The van der Waals surface area contributed by atoms with E-state index < -0.39 is 0 Å². The highest BCUT2D eigenvalue weighted by atomic mass is 35.5. The van der Waals surface area contributed by atoms with E-state index in [0.29, 0.717) is 46.4 Å². The summed E-state index contributed by atoms with van der Waals surface area (Å²) in [6, 6.07) is 20.9. The lowest BCUT2D eigenvalue weighted by atomic mass is 10.2. The van der Waals surface area contributed by atoms with Crippen LogP contribution in [0.5, 0.6) is 11.5 Å². The van der Waals surface area contributed by atoms with E-state index in [-0.39, 0.29) is 11.7 Å². The first-order valence-corrected chi connectivity index (χ1v) is 12.0. The number of aryl methyl sites for hydroxylation is 1. The molecule has 0 aliphatic carbocycles. The maximum absolute atomic E-state index is 12.7. The fraction of sp³-hybridized carbons (Fsp3) is 0.160. The SMILES string of the molecule is Cc1ccc(-n2c(SCC(=O)Nc3ccc4c(c3)OCCO4)nnc2-c2ccc(Cl)cc2)cc1. The van der Waals surface area contributed by atoms with Crippen LogP contribution in [0.1, 0.15) is 5.56 Å². The summed E-state index contributed by atoms with van der Waals surface area (Å²) in [7, 11) is 0. The van der Waals surface area contributed by atoms with Crippen LogP contribution in [0.3, 0.4) is 0 Å². The molecule has 0 atom stereocenters. The molecule has 1 aromatic heterocycles. The van der Waals surface area contributed by atoms with E-state index in [0.717, 1.165) is 16.8 Å². The molecule has 1 aliphatic heterocycles. The number of anilines is 1. The van der Waals surface area contributed by atoms with Gasteiger partial charge in [-0.2, -0.15) is 0 Å². The highest BCUT2D eigenvalue weighted by Crippen LogP contribution is 2.33. The Balaban J connectivity index is 1.36. The summed E-state index contributed by atoms with van der Waals surface area (Å²) in [4.78, 5) is 12.7. The molecule has 4 aromatic rings. The van der Waals surface area contributed by atoms with Crippen LogP contribution in [0.2, 0.25) is 5.02 Å². The fourth-order valence-corrected chi connectivity index (χ4v) is 4.40. The van der Waals surface area contributed by atoms with Crippen LogP contribution in [0.25, 0.3) is 17.1 Å². The Labute approximate surface area is 206 Å². The first kappa shape index (κ1) is 22.3. The number of rotatable bonds is 6. The number of amides is 1. The third-order valence-electron chi connectivity index (χ3n) is 5.19. The van der Waals surface area contributed by atoms with Crippen LogP contribution >= 0.6 is 23.4 Å². The number of aromatic nitrogens is 3. The van der Waals surface area contributed by atoms with Crippen molar-refractivity contribution in [2.45, 2.75) is 12.1 Å². The summed E-state index contributed by atoms with van der Waals surface area (Å²) in [6.45, 7) is 3.05. The van der Waals surface area contributed by atoms with E-state index in [4.69, 9.17) is 21.1 Å². The van der Waals surface area contributed by atoms with Crippen LogP contribution in [0, 0.1) is 6.92 Å². The van der Waals surface area contributed by atoms with E-state index in [1.54, 1.807) is 18.2 Å². The molecule has 1 aliphatic rings. The Morgan fingerprint density at radius 2 is 1.74 bits per heavy atom. The van der Waals surface area contributed by atoms with Crippen LogP contribution in [0.4, 0.5) is 5.69 Å². The smallest absolute Gasteiger partial charge is 0.234 e. The minimum Gasteiger partial charge on any atom is -0.486 e. The van der Waals surface area contributed by atoms with Crippen molar-refractivity contribution in [2.75, 3.05) is 24.3 Å². The number of nitrogens with one attached hydrogen (secondary N) is 1. The van der Waals surface area contributed by atoms with E-state index >= 15 is 0 Å². The van der Waals surface area contributed by atoms with Crippen LogP contribution in [-0.2, 0) is 4.79 Å². The van der Waals surface area contributed by atoms with Gasteiger partial charge in [0.05, 0.1) is 5.75 Å². The molecule has 3 aromatic carbocycles. The number of hydrogen-bond donors (Lipinski definition) is 1. The lowest BCUT2D eigenvalue weighted by Gasteiger charge is -2.19. The normalized spacial score (nSPS) is 12.4. The molecule has 2 heterocycles. The van der Waals surface area contributed by atoms with Gasteiger partial charge in [0, 0.05) is 28.0 Å². The molecule has 9 heteroatoms. The third-order valence-corrected chi connectivity index (χ3v) is 6.37. The predicted octanol–water partition coefficient (Wildman–Crippen LogP) is 5.40. The van der Waals surface area contributed by atoms with Crippen molar-refractivity contribution in [2.24, 2.45) is 0 Å². The average molecular weight is 493 g/mol. The first-order chi connectivity index (χ1) is 16.6. The predicted molar refractivity (Wildman–Crippen MR) is 133 cm³/mol. The number of ether oxygens (including phenoxy) is 2. The third kappa shape index (κ3) is 4.88. The number of carbonyl (C=O) groups excluding carboxylic acids is 1. The van der Waals surface area contributed by atoms with Crippen LogP contribution < -0.4 is 14.8 Å². The van der Waals surface area contributed by atoms with E-state index in [2.05, 4.69) is 15.5 Å². The molecule has 5 rings (SSSR count). The van der Waals surface area contributed by atoms with Gasteiger partial charge in [-0.1, -0.05) is 41.1 Å². The second kappa shape index (κ2) is 9.79. The lowest BCUT2D eigenvalue weighted by molar-refractivity contribution is -0.113. The zero-order chi connectivity index (χ0) is 23.5. The van der Waals surface area contributed by atoms with Crippen molar-refractivity contribution >= 4 is 35.0 Å². The number of benzene rings is 3. The van der Waals surface area contributed by atoms with E-state index in [9.17, 15) is 4.79 Å². The molecule has 0 fully saturated rings. The average Bonchev–Trinajstić information content (AvgIpc) is 3.27. The summed E-state index contributed by atoms with van der Waals surface area (Å²) in [5, 5.41) is 13.0. The summed E-state index contributed by atoms with van der Waals surface area (Å²) >= 11 is 7.38. The summed E-state index contributed by atoms with van der Waals surface area (Å²) in [6.07, 6.45) is 0. The van der Waals surface area contributed by atoms with Crippen molar-refractivity contribution in [3.63, 3.8) is 0 Å². The molecule has 0 bridgehead atoms. The topological polar surface area (TPSA) is 78.3 Å². The number of fused-ring (bicyclic) bond motifs is 1. The Morgan fingerprint density at radius 1 is 1.00 bits per heavy atom. The summed E-state index contributed by atoms with van der Waals surface area (Å²) in [5.74, 6) is 1.99. The molecule has 1 amide bonds. The molecule has 0 unspecified atom stereocenters. The van der Waals surface area contributed by atoms with Gasteiger partial charge in [-0.3, -0.25) is 9.36 Å². The van der Waals surface area contributed by atoms with E-state index in [1.165, 1.54) is 11.8 Å². The van der Waals surface area contributed by atoms with Gasteiger partial charge in [-0.15, -0.1) is 10.2 Å². The molecule has 0 saturated heterocycles. The fourth-order valence-electron chi connectivity index (χ4n) is 3.52. The van der Waals surface area contributed by atoms with Crippen molar-refractivity contribution < 1.29 is 14.3 Å². The van der Waals surface area contributed by atoms with Gasteiger partial charge < -0.3 is 14.8 Å². The molecule has 0 radical (unpaired) electrons. The molecule has 0 spiro atoms. The monoisotopic (exact) mass is 492 g/mol. The Kier molecular flexibility index (Phi) is 6.42. The molecular weight excluding hydrogens is 472 g/mol. The van der Waals surface area contributed by atoms with Gasteiger partial charge in [0.1, 0.15) is 13.2 Å². The standard InChI is InChI=1S/C25H21ClN4O3S/c1-16-2-9-20(10-3-16)30-24(17-4-6-18(26)7-5-17)28-29-25(30)34-15-23(31)27-19-8-11-21-22(14-19)33-13-12-32-21/h2-11,14H,12-13,15H2,1H3,(H,27,31). The van der Waals surface area contributed by atoms with Gasteiger partial charge in [-0.05, 0) is 55.5 Å². The second-order valence-corrected chi connectivity index (χ2v) is 9.06. The Bertz CT molecular complexity index is 1320. The van der Waals surface area contributed by atoms with Crippen molar-refractivity contribution in [1.82, 2.24) is 14.8 Å². The van der Waals surface area contributed by atoms with Crippen molar-refractivity contribution in [1.29, 1.82) is 0 Å². The molecule has 0 saturated carbocycles. The Morgan fingerprint density at radius 3 is 2.50 bits per heavy atom. The van der Waals surface area contributed by atoms with Gasteiger partial charge in [0.2, 0.25) is 5.91 Å². The molecule has 34 heavy (non-hydrogen) atoms. The zero-order valence-electron chi connectivity index (χ0n) is 18.3. The van der Waals surface area contributed by atoms with Gasteiger partial charge in [-0.25, -0.2) is 0 Å². The number of carbonyl (C=O) groups is 1. The van der Waals surface area contributed by atoms with E-state index in [1.807, 2.05) is 60.0 Å². The van der Waals surface area contributed by atoms with Crippen molar-refractivity contribution in [3.8, 4) is 28.6 Å². The second-order valence-electron chi connectivity index (χ2n) is 7.68. The van der Waals surface area contributed by atoms with Crippen LogP contribution in [0.15, 0.2) is 71.9 Å². The van der Waals surface area contributed by atoms with Gasteiger partial charge >= 0.3 is 0 Å². The first-order valence-electron chi connectivity index (χ1n) is 10.7. The number of nitrogens with zero attached hydrogens (tertiary/aromatic N) is 3. The molecular formula is C25H21ClN4O3S. The summed E-state index contributed by atoms with van der Waals surface area (Å²) < 4.78 is 13.1. The molecule has 1 N–H and O–H groups in total. The quantitative estimate of drug-likeness (QED) is 0.363. The minimum absolute atomic E-state index is 0.159. The highest BCUT2D eigenvalue weighted by Gasteiger charge is 2.18. The zero-order valence-corrected chi connectivity index (χ0v) is 19.9. The molecule has 172 valence electrons. The van der Waals surface area contributed by atoms with Crippen molar-refractivity contribution in [3.05, 3.63) is 77.3 Å². The Hall–Kier alpha value is -3.49. The van der Waals surface area contributed by atoms with Gasteiger partial charge in [0.15, 0.2) is 22.5 Å². The highest BCUT2D eigenvalue weighted by molar-refractivity contribution is 7.99. The number of hydrogen-bond acceptors (Lipinski definition) is 6. The number of thioether (sulfide) groups is 1. The maximum Gasteiger partial charge on any atom is 0.234 e. The van der Waals surface area contributed by atoms with Crippen LogP contribution in [-0.4, -0.2) is 39.6 Å². The minimum atomic E-state index is -0.159. The summed E-state index contributed by atoms with van der Waals surface area (Å²) in [5.41, 5.74) is 3.59. The molecule has 7 nitrogen and oxygen atoms in total. The number of halogens is 1. The van der Waals surface area contributed by atoms with Gasteiger partial charge in [0.25, 0.3) is 0 Å². The lowest BCUT2D eigenvalue weighted by Crippen LogP contribution is -2.17. The maximum atomic E-state index is 12.7. The largest absolute Gasteiger partial charge is 0.486 e.